The lowest BCUT2D eigenvalue weighted by molar-refractivity contribution is 0.308. The normalized spacial score (nSPS) is 16.2. The molecule has 1 saturated carbocycles. The predicted octanol–water partition coefficient (Wildman–Crippen LogP) is 12.1. The maximum absolute atomic E-state index is 14.9. The number of halogens is 6. The summed E-state index contributed by atoms with van der Waals surface area (Å²) in [5.74, 6) is -4.95. The zero-order valence-corrected chi connectivity index (χ0v) is 26.7. The molecule has 8 heteroatoms. The topological polar surface area (TPSA) is 18.5 Å². The van der Waals surface area contributed by atoms with Crippen molar-refractivity contribution in [1.82, 2.24) is 0 Å². The monoisotopic (exact) mass is 652 g/mol. The molecule has 0 N–H and O–H groups in total. The number of ether oxygens (including phenoxy) is 2. The highest BCUT2D eigenvalue weighted by molar-refractivity contribution is 5.90. The molecule has 0 unspecified atom stereocenters. The Kier molecular flexibility index (Phi) is 11.0. The van der Waals surface area contributed by atoms with Gasteiger partial charge < -0.3 is 9.47 Å². The van der Waals surface area contributed by atoms with Gasteiger partial charge in [-0.15, -0.1) is 0 Å². The molecule has 5 aromatic rings. The lowest BCUT2D eigenvalue weighted by Crippen LogP contribution is -2.13. The van der Waals surface area contributed by atoms with Crippen molar-refractivity contribution in [2.45, 2.75) is 65.2 Å². The average Bonchev–Trinajstić information content (AvgIpc) is 3.08. The lowest BCUT2D eigenvalue weighted by Gasteiger charge is -2.28. The van der Waals surface area contributed by atoms with Crippen molar-refractivity contribution in [1.29, 1.82) is 0 Å². The Hall–Kier alpha value is -4.20. The maximum Gasteiger partial charge on any atom is 0.175 e. The fourth-order valence-electron chi connectivity index (χ4n) is 6.52. The molecular formula is C39H38F6O2. The van der Waals surface area contributed by atoms with Gasteiger partial charge >= 0.3 is 0 Å². The molecule has 1 aliphatic rings. The molecule has 0 heterocycles. The van der Waals surface area contributed by atoms with Gasteiger partial charge in [0.05, 0.1) is 24.0 Å². The summed E-state index contributed by atoms with van der Waals surface area (Å²) in [6.07, 6.45) is 7.45. The van der Waals surface area contributed by atoms with E-state index in [1.165, 1.54) is 74.4 Å². The summed E-state index contributed by atoms with van der Waals surface area (Å²) < 4.78 is 94.7. The van der Waals surface area contributed by atoms with Crippen molar-refractivity contribution in [3.8, 4) is 22.6 Å². The molecule has 0 aromatic heterocycles. The zero-order chi connectivity index (χ0) is 33.7. The first-order valence-electron chi connectivity index (χ1n) is 16.2. The first-order valence-corrected chi connectivity index (χ1v) is 16.2. The largest absolute Gasteiger partial charge is 0.491 e. The second-order valence-corrected chi connectivity index (χ2v) is 11.9. The summed E-state index contributed by atoms with van der Waals surface area (Å²) in [7, 11) is 0. The fourth-order valence-corrected chi connectivity index (χ4v) is 6.52. The van der Waals surface area contributed by atoms with Gasteiger partial charge in [-0.05, 0) is 97.5 Å². The van der Waals surface area contributed by atoms with Gasteiger partial charge in [0.25, 0.3) is 0 Å². The summed E-state index contributed by atoms with van der Waals surface area (Å²) in [6, 6.07) is 17.5. The predicted molar refractivity (Wildman–Crippen MR) is 175 cm³/mol. The van der Waals surface area contributed by atoms with Gasteiger partial charge in [-0.3, -0.25) is 0 Å². The molecule has 1 aliphatic carbocycles. The standard InChI is InChI=1S/C27H29F3O.C12H9F3O/c1-3-5-17-6-8-18(9-7-17)19-10-12-20(13-11-19)22-16-21-14-15-23(31-4-2)26(29)24(21)27(30)25(22)28;1-2-16-9-6-4-7-3-5-8(13)11(14)10(7)12(9)15/h10-18H,3-9H2,1-2H3;3-6H,2H2,1H3. The molecular weight excluding hydrogens is 614 g/mol. The third-order valence-corrected chi connectivity index (χ3v) is 8.90. The van der Waals surface area contributed by atoms with E-state index in [0.29, 0.717) is 22.3 Å². The Balaban J connectivity index is 0.000000227. The van der Waals surface area contributed by atoms with Crippen LogP contribution in [0.4, 0.5) is 26.3 Å². The third-order valence-electron chi connectivity index (χ3n) is 8.90. The van der Waals surface area contributed by atoms with Crippen molar-refractivity contribution >= 4 is 21.5 Å². The van der Waals surface area contributed by atoms with E-state index in [-0.39, 0.29) is 41.0 Å². The second-order valence-electron chi connectivity index (χ2n) is 11.9. The summed E-state index contributed by atoms with van der Waals surface area (Å²) in [4.78, 5) is 0. The quantitative estimate of drug-likeness (QED) is 0.155. The Labute approximate surface area is 271 Å². The van der Waals surface area contributed by atoms with Crippen molar-refractivity contribution in [3.63, 3.8) is 0 Å². The molecule has 47 heavy (non-hydrogen) atoms. The van der Waals surface area contributed by atoms with Gasteiger partial charge in [-0.2, -0.15) is 0 Å². The van der Waals surface area contributed by atoms with Crippen molar-refractivity contribution < 1.29 is 35.8 Å². The summed E-state index contributed by atoms with van der Waals surface area (Å²) in [5.41, 5.74) is 2.00. The average molecular weight is 653 g/mol. The molecule has 248 valence electrons. The van der Waals surface area contributed by atoms with E-state index in [1.807, 2.05) is 24.3 Å². The summed E-state index contributed by atoms with van der Waals surface area (Å²) in [5, 5.41) is -0.119. The van der Waals surface area contributed by atoms with Crippen LogP contribution in [0.5, 0.6) is 11.5 Å². The van der Waals surface area contributed by atoms with Crippen LogP contribution in [-0.4, -0.2) is 13.2 Å². The minimum absolute atomic E-state index is 0.0699. The fraction of sp³-hybridized carbons (Fsp3) is 0.333. The molecule has 0 aliphatic heterocycles. The third kappa shape index (κ3) is 7.21. The highest BCUT2D eigenvalue weighted by Gasteiger charge is 2.23. The van der Waals surface area contributed by atoms with Crippen LogP contribution < -0.4 is 9.47 Å². The molecule has 0 spiro atoms. The molecule has 0 amide bonds. The van der Waals surface area contributed by atoms with E-state index < -0.39 is 34.9 Å². The van der Waals surface area contributed by atoms with E-state index in [1.54, 1.807) is 19.9 Å². The highest BCUT2D eigenvalue weighted by atomic mass is 19.2. The van der Waals surface area contributed by atoms with Crippen molar-refractivity contribution in [2.75, 3.05) is 13.2 Å². The Morgan fingerprint density at radius 1 is 0.574 bits per heavy atom. The number of fused-ring (bicyclic) bond motifs is 2. The Morgan fingerprint density at radius 2 is 1.13 bits per heavy atom. The van der Waals surface area contributed by atoms with Crippen LogP contribution in [0.1, 0.15) is 70.8 Å². The van der Waals surface area contributed by atoms with Crippen LogP contribution >= 0.6 is 0 Å². The number of benzene rings is 5. The van der Waals surface area contributed by atoms with Crippen LogP contribution in [0.15, 0.2) is 66.7 Å². The SMILES string of the molecule is CCCC1CCC(c2ccc(-c3cc4ccc(OCC)c(F)c4c(F)c3F)cc2)CC1.CCOc1ccc2ccc(F)c(F)c2c1F. The van der Waals surface area contributed by atoms with Crippen LogP contribution in [0.25, 0.3) is 32.7 Å². The smallest absolute Gasteiger partial charge is 0.175 e. The number of rotatable bonds is 8. The van der Waals surface area contributed by atoms with E-state index in [0.717, 1.165) is 12.0 Å². The first kappa shape index (κ1) is 34.1. The Morgan fingerprint density at radius 3 is 1.70 bits per heavy atom. The molecule has 0 saturated heterocycles. The first-order chi connectivity index (χ1) is 22.7. The van der Waals surface area contributed by atoms with Crippen LogP contribution in [-0.2, 0) is 0 Å². The lowest BCUT2D eigenvalue weighted by atomic mass is 9.77. The minimum atomic E-state index is -1.18. The maximum atomic E-state index is 14.9. The van der Waals surface area contributed by atoms with Crippen LogP contribution in [0.3, 0.4) is 0 Å². The molecule has 0 atom stereocenters. The van der Waals surface area contributed by atoms with E-state index >= 15 is 0 Å². The van der Waals surface area contributed by atoms with Gasteiger partial charge in [-0.25, -0.2) is 26.3 Å². The molecule has 1 fully saturated rings. The zero-order valence-electron chi connectivity index (χ0n) is 26.7. The van der Waals surface area contributed by atoms with E-state index in [4.69, 9.17) is 9.47 Å². The van der Waals surface area contributed by atoms with Gasteiger partial charge in [0, 0.05) is 5.56 Å². The van der Waals surface area contributed by atoms with Crippen molar-refractivity contribution in [3.05, 3.63) is 107 Å². The highest BCUT2D eigenvalue weighted by Crippen LogP contribution is 2.39. The summed E-state index contributed by atoms with van der Waals surface area (Å²) in [6.45, 7) is 6.15. The molecule has 0 bridgehead atoms. The van der Waals surface area contributed by atoms with Crippen LogP contribution in [0.2, 0.25) is 0 Å². The van der Waals surface area contributed by atoms with Gasteiger partial charge in [0.2, 0.25) is 0 Å². The number of hydrogen-bond acceptors (Lipinski definition) is 2. The molecule has 6 rings (SSSR count). The summed E-state index contributed by atoms with van der Waals surface area (Å²) >= 11 is 0. The molecule has 2 nitrogen and oxygen atoms in total. The number of hydrogen-bond donors (Lipinski definition) is 0. The van der Waals surface area contributed by atoms with Gasteiger partial charge in [0.1, 0.15) is 0 Å². The van der Waals surface area contributed by atoms with E-state index in [9.17, 15) is 26.3 Å². The minimum Gasteiger partial charge on any atom is -0.491 e. The molecule has 5 aromatic carbocycles. The van der Waals surface area contributed by atoms with Crippen molar-refractivity contribution in [2.24, 2.45) is 5.92 Å². The Bertz CT molecular complexity index is 1850. The van der Waals surface area contributed by atoms with Gasteiger partial charge in [0.15, 0.2) is 46.4 Å². The second kappa shape index (κ2) is 15.1. The van der Waals surface area contributed by atoms with Gasteiger partial charge in [-0.1, -0.05) is 62.2 Å². The molecule has 0 radical (unpaired) electrons. The van der Waals surface area contributed by atoms with E-state index in [2.05, 4.69) is 6.92 Å². The van der Waals surface area contributed by atoms with Crippen LogP contribution in [0, 0.1) is 40.8 Å².